The molecule has 0 bridgehead atoms. The molecule has 0 amide bonds. The van der Waals surface area contributed by atoms with Crippen LogP contribution in [0.15, 0.2) is 219 Å². The van der Waals surface area contributed by atoms with Gasteiger partial charge in [-0.1, -0.05) is 335 Å². The van der Waals surface area contributed by atoms with Gasteiger partial charge in [0.2, 0.25) is 0 Å². The van der Waals surface area contributed by atoms with Gasteiger partial charge in [0, 0.05) is 12.8 Å². The average Bonchev–Trinajstić information content (AvgIpc) is 1.30. The summed E-state index contributed by atoms with van der Waals surface area (Å²) in [5.41, 5.74) is 0. The molecule has 0 spiro atoms. The lowest BCUT2D eigenvalue weighted by Gasteiger charge is -2.24. The summed E-state index contributed by atoms with van der Waals surface area (Å²) < 4.78 is 34.8. The normalized spacial score (nSPS) is 14.3. The predicted molar refractivity (Wildman–Crippen MR) is 435 cm³/mol. The minimum absolute atomic E-state index is 0.0160. The van der Waals surface area contributed by atoms with E-state index in [-0.39, 0.29) is 32.0 Å². The lowest BCUT2D eigenvalue weighted by molar-refractivity contribution is -0.870. The van der Waals surface area contributed by atoms with Crippen molar-refractivity contribution in [3.63, 3.8) is 0 Å². The van der Waals surface area contributed by atoms with E-state index in [0.717, 1.165) is 161 Å². The summed E-state index contributed by atoms with van der Waals surface area (Å²) in [6.45, 7) is 4.16. The highest BCUT2D eigenvalue weighted by atomic mass is 31.2. The summed E-state index contributed by atoms with van der Waals surface area (Å²) in [6.07, 6.45) is 123. The van der Waals surface area contributed by atoms with Gasteiger partial charge in [0.15, 0.2) is 6.10 Å². The van der Waals surface area contributed by atoms with Crippen molar-refractivity contribution in [3.05, 3.63) is 219 Å². The SMILES string of the molecule is CC/C=C\C/C=C\C/C=C\C/C=C\C/C=C\C/C=C\C/C=C\C/C=C\C/C=C\C/C=C\C/C=C\C/C=C\CCCCCCC(=O)OC(COC(=O)CCCCCCCCCCCCCCCCCC/C=C\C/C=C\C/C=C\C/C=C\C/C=C\C/C=C\CC)COP(=O)(O)OCC[N+](C)(C)C. The second kappa shape index (κ2) is 77.5. The molecule has 0 aliphatic rings. The molecular weight excluding hydrogens is 1250 g/mol. The van der Waals surface area contributed by atoms with Gasteiger partial charge in [-0.05, 0) is 154 Å². The number of ether oxygens (including phenoxy) is 2. The Kier molecular flexibility index (Phi) is 73.1. The molecule has 9 nitrogen and oxygen atoms in total. The quantitative estimate of drug-likeness (QED) is 0.0211. The Morgan fingerprint density at radius 3 is 0.800 bits per heavy atom. The van der Waals surface area contributed by atoms with Gasteiger partial charge in [0.05, 0.1) is 27.7 Å². The molecule has 562 valence electrons. The highest BCUT2D eigenvalue weighted by Gasteiger charge is 2.27. The van der Waals surface area contributed by atoms with Crippen molar-refractivity contribution in [2.75, 3.05) is 47.5 Å². The zero-order valence-electron chi connectivity index (χ0n) is 64.1. The largest absolute Gasteiger partial charge is 0.472 e. The van der Waals surface area contributed by atoms with Gasteiger partial charge >= 0.3 is 19.8 Å². The second-order valence-electron chi connectivity index (χ2n) is 26.6. The number of carbonyl (C=O) groups excluding carboxylic acids is 2. The molecule has 0 fully saturated rings. The van der Waals surface area contributed by atoms with E-state index in [1.807, 2.05) is 21.1 Å². The molecule has 1 N–H and O–H groups in total. The first-order valence-corrected chi connectivity index (χ1v) is 41.0. The number of unbranched alkanes of at least 4 members (excludes halogenated alkanes) is 20. The van der Waals surface area contributed by atoms with E-state index in [4.69, 9.17) is 18.5 Å². The van der Waals surface area contributed by atoms with Crippen molar-refractivity contribution >= 4 is 19.8 Å². The molecule has 0 aromatic carbocycles. The maximum Gasteiger partial charge on any atom is 0.472 e. The molecule has 0 rings (SSSR count). The first-order chi connectivity index (χ1) is 49.0. The third kappa shape index (κ3) is 81.3. The van der Waals surface area contributed by atoms with Gasteiger partial charge in [-0.3, -0.25) is 18.6 Å². The van der Waals surface area contributed by atoms with Crippen molar-refractivity contribution in [2.45, 2.75) is 290 Å². The van der Waals surface area contributed by atoms with Gasteiger partial charge in [0.1, 0.15) is 19.8 Å². The molecule has 2 atom stereocenters. The summed E-state index contributed by atoms with van der Waals surface area (Å²) in [6, 6.07) is 0. The number of carbonyl (C=O) groups is 2. The number of rotatable bonds is 70. The number of hydrogen-bond acceptors (Lipinski definition) is 7. The number of quaternary nitrogens is 1. The van der Waals surface area contributed by atoms with E-state index < -0.39 is 26.5 Å². The van der Waals surface area contributed by atoms with Crippen molar-refractivity contribution in [1.29, 1.82) is 0 Å². The van der Waals surface area contributed by atoms with Crippen LogP contribution in [0.4, 0.5) is 0 Å². The van der Waals surface area contributed by atoms with Crippen LogP contribution in [0.5, 0.6) is 0 Å². The number of hydrogen-bond donors (Lipinski definition) is 1. The Morgan fingerprint density at radius 1 is 0.310 bits per heavy atom. The van der Waals surface area contributed by atoms with Crippen LogP contribution in [-0.4, -0.2) is 74.9 Å². The fourth-order valence-corrected chi connectivity index (χ4v) is 10.8. The molecule has 0 radical (unpaired) electrons. The van der Waals surface area contributed by atoms with Crippen molar-refractivity contribution in [1.82, 2.24) is 0 Å². The Labute approximate surface area is 614 Å². The number of allylic oxidation sites excluding steroid dienone is 36. The first-order valence-electron chi connectivity index (χ1n) is 39.5. The molecule has 0 saturated heterocycles. The molecular formula is C90H145NO8P+. The lowest BCUT2D eigenvalue weighted by atomic mass is 10.0. The highest BCUT2D eigenvalue weighted by Crippen LogP contribution is 2.43. The molecule has 0 heterocycles. The molecule has 0 aliphatic heterocycles. The van der Waals surface area contributed by atoms with Crippen molar-refractivity contribution in [3.8, 4) is 0 Å². The van der Waals surface area contributed by atoms with E-state index >= 15 is 0 Å². The number of likely N-dealkylation sites (N-methyl/N-ethyl adjacent to an activating group) is 1. The van der Waals surface area contributed by atoms with Crippen LogP contribution >= 0.6 is 7.82 Å². The Balaban J connectivity index is 4.13. The zero-order valence-corrected chi connectivity index (χ0v) is 65.0. The number of nitrogens with zero attached hydrogens (tertiary/aromatic N) is 1. The van der Waals surface area contributed by atoms with Crippen molar-refractivity contribution < 1.29 is 42.1 Å². The maximum absolute atomic E-state index is 12.9. The minimum atomic E-state index is -4.42. The second-order valence-corrected chi connectivity index (χ2v) is 28.1. The van der Waals surface area contributed by atoms with Crippen LogP contribution in [-0.2, 0) is 32.7 Å². The molecule has 0 saturated carbocycles. The Bertz CT molecular complexity index is 2500. The van der Waals surface area contributed by atoms with Gasteiger partial charge in [0.25, 0.3) is 0 Å². The van der Waals surface area contributed by atoms with E-state index in [1.165, 1.54) is 89.9 Å². The Morgan fingerprint density at radius 2 is 0.540 bits per heavy atom. The van der Waals surface area contributed by atoms with Crippen molar-refractivity contribution in [2.24, 2.45) is 0 Å². The van der Waals surface area contributed by atoms with E-state index in [1.54, 1.807) is 0 Å². The fourth-order valence-electron chi connectivity index (χ4n) is 10.1. The van der Waals surface area contributed by atoms with Crippen LogP contribution in [0, 0.1) is 0 Å². The number of phosphoric acid groups is 1. The van der Waals surface area contributed by atoms with Crippen LogP contribution in [0.1, 0.15) is 284 Å². The molecule has 0 aromatic heterocycles. The average molecular weight is 1400 g/mol. The first kappa shape index (κ1) is 94.3. The molecule has 2 unspecified atom stereocenters. The van der Waals surface area contributed by atoms with Gasteiger partial charge < -0.3 is 18.9 Å². The third-order valence-electron chi connectivity index (χ3n) is 16.0. The summed E-state index contributed by atoms with van der Waals surface area (Å²) >= 11 is 0. The van der Waals surface area contributed by atoms with E-state index in [2.05, 4.69) is 233 Å². The van der Waals surface area contributed by atoms with Gasteiger partial charge in [-0.25, -0.2) is 4.57 Å². The van der Waals surface area contributed by atoms with Crippen LogP contribution < -0.4 is 0 Å². The monoisotopic (exact) mass is 1400 g/mol. The van der Waals surface area contributed by atoms with Crippen LogP contribution in [0.25, 0.3) is 0 Å². The van der Waals surface area contributed by atoms with E-state index in [0.29, 0.717) is 17.4 Å². The number of phosphoric ester groups is 1. The van der Waals surface area contributed by atoms with Gasteiger partial charge in [-0.2, -0.15) is 0 Å². The summed E-state index contributed by atoms with van der Waals surface area (Å²) in [7, 11) is 1.44. The molecule has 0 aromatic rings. The number of esters is 2. The van der Waals surface area contributed by atoms with Crippen LogP contribution in [0.3, 0.4) is 0 Å². The zero-order chi connectivity index (χ0) is 72.5. The summed E-state index contributed by atoms with van der Waals surface area (Å²) in [5.74, 6) is -0.836. The standard InChI is InChI=1S/C90H144NO8P/c1-6-8-10-12-14-16-18-20-22-24-26-28-30-32-34-36-38-40-42-43-44-45-46-47-49-51-53-55-57-59-61-63-65-67-69-71-73-75-77-79-81-83-90(93)99-88(87-98-100(94,95)97-85-84-91(3,4)5)86-96-89(92)82-80-78-76-74-72-70-68-66-64-62-60-58-56-54-52-50-48-41-39-37-35-33-31-29-27-25-23-21-19-17-15-13-11-9-7-2/h8-11,14-17,20-23,26-29,32-35,38-41,43-44,46-47,51,53,57,59,63,65,69,71,88H,6-7,12-13,18-19,24-25,30-31,36-37,42,45,48-50,52,54-56,58,60-62,64,66-68,70,72-87H2,1-5H3/p+1/b10-8-,11-9-,16-14-,17-15-,22-20-,23-21-,28-26-,29-27-,34-32-,35-33-,40-38-,41-39-,44-43-,47-46-,53-51-,59-57-,65-63-,71-69-. The summed E-state index contributed by atoms with van der Waals surface area (Å²) in [5, 5.41) is 0. The smallest absolute Gasteiger partial charge is 0.462 e. The van der Waals surface area contributed by atoms with Crippen LogP contribution in [0.2, 0.25) is 0 Å². The molecule has 100 heavy (non-hydrogen) atoms. The van der Waals surface area contributed by atoms with E-state index in [9.17, 15) is 19.0 Å². The third-order valence-corrected chi connectivity index (χ3v) is 17.0. The molecule has 10 heteroatoms. The maximum atomic E-state index is 12.9. The highest BCUT2D eigenvalue weighted by molar-refractivity contribution is 7.47. The predicted octanol–water partition coefficient (Wildman–Crippen LogP) is 26.7. The lowest BCUT2D eigenvalue weighted by Crippen LogP contribution is -2.37. The minimum Gasteiger partial charge on any atom is -0.462 e. The topological polar surface area (TPSA) is 108 Å². The summed E-state index contributed by atoms with van der Waals surface area (Å²) in [4.78, 5) is 36.0. The van der Waals surface area contributed by atoms with Gasteiger partial charge in [-0.15, -0.1) is 0 Å². The molecule has 0 aliphatic carbocycles. The fraction of sp³-hybridized carbons (Fsp3) is 0.578. The Hall–Kier alpha value is -5.67.